The summed E-state index contributed by atoms with van der Waals surface area (Å²) in [6, 6.07) is 9.94. The summed E-state index contributed by atoms with van der Waals surface area (Å²) in [6.07, 6.45) is 1.65. The second-order valence-electron chi connectivity index (χ2n) is 4.82. The van der Waals surface area contributed by atoms with Crippen LogP contribution in [-0.2, 0) is 0 Å². The number of benzene rings is 2. The molecule has 0 unspecified atom stereocenters. The van der Waals surface area contributed by atoms with Gasteiger partial charge in [0.1, 0.15) is 5.82 Å². The van der Waals surface area contributed by atoms with E-state index in [-0.39, 0.29) is 11.5 Å². The molecule has 3 aromatic rings. The van der Waals surface area contributed by atoms with Crippen molar-refractivity contribution in [3.05, 3.63) is 65.1 Å². The molecule has 3 nitrogen and oxygen atoms in total. The number of hydrogen-bond donors (Lipinski definition) is 2. The summed E-state index contributed by atoms with van der Waals surface area (Å²) in [5.74, 6) is -0.798. The topological polar surface area (TPSA) is 58.9 Å². The summed E-state index contributed by atoms with van der Waals surface area (Å²) >= 11 is 0. The first kappa shape index (κ1) is 12.4. The molecule has 3 rings (SSSR count). The van der Waals surface area contributed by atoms with Crippen LogP contribution >= 0.6 is 0 Å². The molecule has 0 spiro atoms. The molecule has 0 saturated heterocycles. The first-order valence-corrected chi connectivity index (χ1v) is 6.24. The van der Waals surface area contributed by atoms with Crippen LogP contribution < -0.4 is 5.73 Å². The number of nitrogens with one attached hydrogen (secondary N) is 1. The first-order valence-electron chi connectivity index (χ1n) is 6.24. The highest BCUT2D eigenvalue weighted by atomic mass is 19.1. The molecule has 2 aromatic carbocycles. The van der Waals surface area contributed by atoms with E-state index in [4.69, 9.17) is 5.73 Å². The van der Waals surface area contributed by atoms with Gasteiger partial charge in [0.15, 0.2) is 5.78 Å². The molecule has 0 amide bonds. The average Bonchev–Trinajstić information content (AvgIpc) is 2.84. The van der Waals surface area contributed by atoms with Gasteiger partial charge in [-0.05, 0) is 37.3 Å². The molecule has 0 radical (unpaired) electrons. The number of carbonyl (C=O) groups is 1. The van der Waals surface area contributed by atoms with Crippen molar-refractivity contribution in [1.82, 2.24) is 4.98 Å². The van der Waals surface area contributed by atoms with Gasteiger partial charge in [-0.25, -0.2) is 4.39 Å². The molecule has 0 fully saturated rings. The van der Waals surface area contributed by atoms with Crippen molar-refractivity contribution in [2.24, 2.45) is 0 Å². The Labute approximate surface area is 115 Å². The van der Waals surface area contributed by atoms with Gasteiger partial charge < -0.3 is 10.7 Å². The summed E-state index contributed by atoms with van der Waals surface area (Å²) in [5, 5.41) is 0.840. The van der Waals surface area contributed by atoms with Crippen LogP contribution in [0.15, 0.2) is 42.6 Å². The lowest BCUT2D eigenvalue weighted by atomic mass is 10.0. The molecule has 1 heterocycles. The number of fused-ring (bicyclic) bond motifs is 1. The highest BCUT2D eigenvalue weighted by Crippen LogP contribution is 2.23. The van der Waals surface area contributed by atoms with E-state index in [0.717, 1.165) is 16.5 Å². The van der Waals surface area contributed by atoms with Crippen molar-refractivity contribution < 1.29 is 9.18 Å². The number of hydrogen-bond acceptors (Lipinski definition) is 2. The van der Waals surface area contributed by atoms with Crippen LogP contribution in [0, 0.1) is 12.7 Å². The molecule has 0 aliphatic carbocycles. The molecule has 3 N–H and O–H groups in total. The van der Waals surface area contributed by atoms with Crippen LogP contribution in [0.25, 0.3) is 10.9 Å². The largest absolute Gasteiger partial charge is 0.396 e. The van der Waals surface area contributed by atoms with Gasteiger partial charge in [0, 0.05) is 28.2 Å². The predicted molar refractivity (Wildman–Crippen MR) is 77.3 cm³/mol. The Balaban J connectivity index is 2.12. The van der Waals surface area contributed by atoms with Gasteiger partial charge in [-0.15, -0.1) is 0 Å². The number of ketones is 1. The summed E-state index contributed by atoms with van der Waals surface area (Å²) in [5.41, 5.74) is 8.24. The number of carbonyl (C=O) groups excluding carboxylic acids is 1. The molecule has 0 saturated carbocycles. The fraction of sp³-hybridized carbons (Fsp3) is 0.0625. The highest BCUT2D eigenvalue weighted by molar-refractivity contribution is 6.16. The minimum atomic E-state index is -0.577. The number of halogens is 1. The number of H-pyrrole nitrogens is 1. The zero-order valence-electron chi connectivity index (χ0n) is 10.9. The molecule has 0 aliphatic rings. The Morgan fingerprint density at radius 2 is 2.00 bits per heavy atom. The summed E-state index contributed by atoms with van der Waals surface area (Å²) in [6.45, 7) is 1.96. The van der Waals surface area contributed by atoms with Gasteiger partial charge in [0.2, 0.25) is 0 Å². The molecule has 100 valence electrons. The van der Waals surface area contributed by atoms with Gasteiger partial charge in [0.25, 0.3) is 0 Å². The van der Waals surface area contributed by atoms with Gasteiger partial charge in [-0.1, -0.05) is 11.6 Å². The van der Waals surface area contributed by atoms with Crippen LogP contribution in [0.3, 0.4) is 0 Å². The van der Waals surface area contributed by atoms with Gasteiger partial charge in [-0.3, -0.25) is 4.79 Å². The van der Waals surface area contributed by atoms with Crippen molar-refractivity contribution in [2.45, 2.75) is 6.92 Å². The minimum Gasteiger partial charge on any atom is -0.396 e. The fourth-order valence-corrected chi connectivity index (χ4v) is 2.25. The normalized spacial score (nSPS) is 10.9. The third kappa shape index (κ3) is 1.95. The Morgan fingerprint density at radius 3 is 2.75 bits per heavy atom. The van der Waals surface area contributed by atoms with Crippen LogP contribution in [0.5, 0.6) is 0 Å². The van der Waals surface area contributed by atoms with Gasteiger partial charge >= 0.3 is 0 Å². The summed E-state index contributed by atoms with van der Waals surface area (Å²) in [4.78, 5) is 15.5. The lowest BCUT2D eigenvalue weighted by molar-refractivity contribution is 0.104. The Hall–Kier alpha value is -2.62. The summed E-state index contributed by atoms with van der Waals surface area (Å²) in [7, 11) is 0. The first-order chi connectivity index (χ1) is 9.56. The predicted octanol–water partition coefficient (Wildman–Crippen LogP) is 3.43. The molecule has 4 heteroatoms. The van der Waals surface area contributed by atoms with Crippen LogP contribution in [0.1, 0.15) is 21.5 Å². The van der Waals surface area contributed by atoms with E-state index in [1.165, 1.54) is 18.2 Å². The van der Waals surface area contributed by atoms with Crippen LogP contribution in [0.4, 0.5) is 10.1 Å². The second kappa shape index (κ2) is 4.49. The van der Waals surface area contributed by atoms with E-state index < -0.39 is 5.82 Å². The Morgan fingerprint density at radius 1 is 1.20 bits per heavy atom. The molecule has 0 atom stereocenters. The van der Waals surface area contributed by atoms with E-state index in [1.807, 2.05) is 25.1 Å². The van der Waals surface area contributed by atoms with Crippen molar-refractivity contribution >= 4 is 22.4 Å². The number of aromatic nitrogens is 1. The minimum absolute atomic E-state index is 0.0383. The summed E-state index contributed by atoms with van der Waals surface area (Å²) < 4.78 is 13.5. The monoisotopic (exact) mass is 268 g/mol. The molecule has 1 aromatic heterocycles. The standard InChI is InChI=1S/C16H13FN2O/c1-9-2-5-15-11(6-9)12(8-19-15)16(20)10-3-4-14(18)13(17)7-10/h2-8,19H,18H2,1H3. The molecule has 0 aliphatic heterocycles. The second-order valence-corrected chi connectivity index (χ2v) is 4.82. The fourth-order valence-electron chi connectivity index (χ4n) is 2.25. The van der Waals surface area contributed by atoms with E-state index in [1.54, 1.807) is 6.20 Å². The smallest absolute Gasteiger partial charge is 0.195 e. The maximum atomic E-state index is 13.5. The zero-order valence-corrected chi connectivity index (χ0v) is 10.9. The SMILES string of the molecule is Cc1ccc2[nH]cc(C(=O)c3ccc(N)c(F)c3)c2c1. The molecule has 20 heavy (non-hydrogen) atoms. The number of rotatable bonds is 2. The van der Waals surface area contributed by atoms with Crippen molar-refractivity contribution in [2.75, 3.05) is 5.73 Å². The quantitative estimate of drug-likeness (QED) is 0.552. The number of nitrogen functional groups attached to an aromatic ring is 1. The van der Waals surface area contributed by atoms with Gasteiger partial charge in [-0.2, -0.15) is 0 Å². The zero-order chi connectivity index (χ0) is 14.3. The number of aryl methyl sites for hydroxylation is 1. The van der Waals surface area contributed by atoms with Crippen molar-refractivity contribution in [3.8, 4) is 0 Å². The lowest BCUT2D eigenvalue weighted by Crippen LogP contribution is -2.02. The van der Waals surface area contributed by atoms with Crippen LogP contribution in [0.2, 0.25) is 0 Å². The molecule has 0 bridgehead atoms. The van der Waals surface area contributed by atoms with Crippen molar-refractivity contribution in [1.29, 1.82) is 0 Å². The Bertz CT molecular complexity index is 820. The van der Waals surface area contributed by atoms with Crippen molar-refractivity contribution in [3.63, 3.8) is 0 Å². The highest BCUT2D eigenvalue weighted by Gasteiger charge is 2.15. The maximum absolute atomic E-state index is 13.5. The van der Waals surface area contributed by atoms with Gasteiger partial charge in [0.05, 0.1) is 5.69 Å². The van der Waals surface area contributed by atoms with Crippen LogP contribution in [-0.4, -0.2) is 10.8 Å². The molecular weight excluding hydrogens is 255 g/mol. The van der Waals surface area contributed by atoms with E-state index in [2.05, 4.69) is 4.98 Å². The number of anilines is 1. The third-order valence-electron chi connectivity index (χ3n) is 3.34. The maximum Gasteiger partial charge on any atom is 0.195 e. The average molecular weight is 268 g/mol. The third-order valence-corrected chi connectivity index (χ3v) is 3.34. The Kier molecular flexibility index (Phi) is 2.79. The van der Waals surface area contributed by atoms with E-state index >= 15 is 0 Å². The number of nitrogens with two attached hydrogens (primary N) is 1. The lowest BCUT2D eigenvalue weighted by Gasteiger charge is -2.02. The van der Waals surface area contributed by atoms with E-state index in [9.17, 15) is 9.18 Å². The number of aromatic amines is 1. The van der Waals surface area contributed by atoms with E-state index in [0.29, 0.717) is 11.1 Å². The molecular formula is C16H13FN2O.